The van der Waals surface area contributed by atoms with Crippen molar-refractivity contribution < 1.29 is 0 Å². The van der Waals surface area contributed by atoms with E-state index in [2.05, 4.69) is 45.7 Å². The maximum atomic E-state index is 4.76. The van der Waals surface area contributed by atoms with Gasteiger partial charge in [-0.1, -0.05) is 58.9 Å². The number of hydrogen-bond acceptors (Lipinski definition) is 2. The van der Waals surface area contributed by atoms with E-state index in [1.165, 1.54) is 0 Å². The van der Waals surface area contributed by atoms with Crippen LogP contribution in [0.3, 0.4) is 0 Å². The zero-order valence-electron chi connectivity index (χ0n) is 12.3. The lowest BCUT2D eigenvalue weighted by molar-refractivity contribution is 1.34. The number of benzene rings is 1. The van der Waals surface area contributed by atoms with Crippen molar-refractivity contribution in [1.29, 1.82) is 0 Å². The molecule has 22 heavy (non-hydrogen) atoms. The molecule has 3 aromatic rings. The SMILES string of the molecule is C=C(/C=C\C(Br)=C/C)c1ccc2ccc3cccnc3c2n1. The lowest BCUT2D eigenvalue weighted by Gasteiger charge is -2.05. The molecule has 3 heteroatoms. The minimum atomic E-state index is 0.860. The minimum absolute atomic E-state index is 0.860. The van der Waals surface area contributed by atoms with Gasteiger partial charge in [0.1, 0.15) is 0 Å². The summed E-state index contributed by atoms with van der Waals surface area (Å²) >= 11 is 3.45. The summed E-state index contributed by atoms with van der Waals surface area (Å²) in [5.74, 6) is 0. The fraction of sp³-hybridized carbons (Fsp3) is 0.0526. The molecule has 0 atom stereocenters. The Morgan fingerprint density at radius 3 is 2.55 bits per heavy atom. The molecule has 0 radical (unpaired) electrons. The fourth-order valence-electron chi connectivity index (χ4n) is 2.26. The maximum Gasteiger partial charge on any atom is 0.0972 e. The summed E-state index contributed by atoms with van der Waals surface area (Å²) < 4.78 is 1.02. The van der Waals surface area contributed by atoms with Crippen LogP contribution in [0.2, 0.25) is 0 Å². The van der Waals surface area contributed by atoms with Crippen LogP contribution in [-0.2, 0) is 0 Å². The van der Waals surface area contributed by atoms with Crippen LogP contribution in [0, 0.1) is 0 Å². The van der Waals surface area contributed by atoms with Crippen LogP contribution in [0.1, 0.15) is 12.6 Å². The number of nitrogens with zero attached hydrogens (tertiary/aromatic N) is 2. The van der Waals surface area contributed by atoms with E-state index in [-0.39, 0.29) is 0 Å². The van der Waals surface area contributed by atoms with Crippen molar-refractivity contribution in [2.45, 2.75) is 6.92 Å². The zero-order chi connectivity index (χ0) is 15.5. The summed E-state index contributed by atoms with van der Waals surface area (Å²) in [5, 5.41) is 2.18. The predicted octanol–water partition coefficient (Wildman–Crippen LogP) is 5.65. The van der Waals surface area contributed by atoms with E-state index in [4.69, 9.17) is 4.98 Å². The maximum absolute atomic E-state index is 4.76. The highest BCUT2D eigenvalue weighted by atomic mass is 79.9. The van der Waals surface area contributed by atoms with Crippen molar-refractivity contribution in [2.75, 3.05) is 0 Å². The summed E-state index contributed by atoms with van der Waals surface area (Å²) in [5.41, 5.74) is 3.57. The first kappa shape index (κ1) is 14.7. The smallest absolute Gasteiger partial charge is 0.0972 e. The third-order valence-electron chi connectivity index (χ3n) is 3.48. The Hall–Kier alpha value is -2.26. The van der Waals surface area contributed by atoms with Gasteiger partial charge in [0.25, 0.3) is 0 Å². The molecule has 3 rings (SSSR count). The number of hydrogen-bond donors (Lipinski definition) is 0. The molecule has 0 amide bonds. The van der Waals surface area contributed by atoms with E-state index in [0.717, 1.165) is 37.6 Å². The number of pyridine rings is 2. The molecule has 0 aliphatic rings. The van der Waals surface area contributed by atoms with Crippen molar-refractivity contribution in [3.8, 4) is 0 Å². The van der Waals surface area contributed by atoms with Crippen molar-refractivity contribution in [3.63, 3.8) is 0 Å². The van der Waals surface area contributed by atoms with E-state index in [1.54, 1.807) is 6.20 Å². The van der Waals surface area contributed by atoms with Crippen molar-refractivity contribution in [3.05, 3.63) is 77.6 Å². The van der Waals surface area contributed by atoms with Gasteiger partial charge >= 0.3 is 0 Å². The van der Waals surface area contributed by atoms with Gasteiger partial charge in [0.05, 0.1) is 16.7 Å². The van der Waals surface area contributed by atoms with Gasteiger partial charge in [0.15, 0.2) is 0 Å². The van der Waals surface area contributed by atoms with E-state index in [0.29, 0.717) is 0 Å². The van der Waals surface area contributed by atoms with Crippen LogP contribution in [0.25, 0.3) is 27.4 Å². The summed E-state index contributed by atoms with van der Waals surface area (Å²) in [4.78, 5) is 9.23. The Morgan fingerprint density at radius 1 is 1.05 bits per heavy atom. The van der Waals surface area contributed by atoms with Crippen LogP contribution in [0.5, 0.6) is 0 Å². The van der Waals surface area contributed by atoms with Crippen molar-refractivity contribution in [2.24, 2.45) is 0 Å². The average molecular weight is 351 g/mol. The first-order valence-corrected chi connectivity index (χ1v) is 7.82. The second-order valence-electron chi connectivity index (χ2n) is 4.94. The van der Waals surface area contributed by atoms with Gasteiger partial charge < -0.3 is 0 Å². The largest absolute Gasteiger partial charge is 0.254 e. The molecule has 2 aromatic heterocycles. The van der Waals surface area contributed by atoms with Crippen LogP contribution in [-0.4, -0.2) is 9.97 Å². The first-order chi connectivity index (χ1) is 10.7. The molecule has 0 unspecified atom stereocenters. The number of allylic oxidation sites excluding steroid dienone is 5. The summed E-state index contributed by atoms with van der Waals surface area (Å²) in [6, 6.07) is 12.2. The Balaban J connectivity index is 2.11. The normalized spacial score (nSPS) is 12.4. The standard InChI is InChI=1S/C19H15BrN2/c1-3-16(20)10-6-13(2)17-11-9-15-8-7-14-5-4-12-21-18(14)19(15)22-17/h3-12H,2H2,1H3/b10-6-,16-3+. The number of halogens is 1. The summed E-state index contributed by atoms with van der Waals surface area (Å²) in [7, 11) is 0. The molecular formula is C19H15BrN2. The fourth-order valence-corrected chi connectivity index (χ4v) is 2.40. The summed E-state index contributed by atoms with van der Waals surface area (Å²) in [6.07, 6.45) is 7.70. The van der Waals surface area contributed by atoms with Crippen LogP contribution in [0.4, 0.5) is 0 Å². The van der Waals surface area contributed by atoms with Crippen molar-refractivity contribution >= 4 is 43.3 Å². The molecule has 0 fully saturated rings. The number of fused-ring (bicyclic) bond motifs is 3. The quantitative estimate of drug-likeness (QED) is 0.450. The second kappa shape index (κ2) is 6.24. The van der Waals surface area contributed by atoms with E-state index >= 15 is 0 Å². The highest BCUT2D eigenvalue weighted by molar-refractivity contribution is 9.11. The minimum Gasteiger partial charge on any atom is -0.254 e. The van der Waals surface area contributed by atoms with Crippen LogP contribution >= 0.6 is 15.9 Å². The van der Waals surface area contributed by atoms with Gasteiger partial charge in [0, 0.05) is 21.5 Å². The molecule has 0 spiro atoms. The monoisotopic (exact) mass is 350 g/mol. The third kappa shape index (κ3) is 2.85. The molecule has 0 aliphatic carbocycles. The molecule has 108 valence electrons. The molecule has 0 saturated carbocycles. The molecule has 2 nitrogen and oxygen atoms in total. The number of rotatable bonds is 3. The van der Waals surface area contributed by atoms with Gasteiger partial charge in [-0.25, -0.2) is 4.98 Å². The molecule has 0 bridgehead atoms. The number of aromatic nitrogens is 2. The van der Waals surface area contributed by atoms with Gasteiger partial charge in [0.2, 0.25) is 0 Å². The molecule has 0 N–H and O–H groups in total. The zero-order valence-corrected chi connectivity index (χ0v) is 13.8. The second-order valence-corrected chi connectivity index (χ2v) is 5.86. The third-order valence-corrected chi connectivity index (χ3v) is 4.20. The topological polar surface area (TPSA) is 25.8 Å². The Bertz CT molecular complexity index is 923. The van der Waals surface area contributed by atoms with E-state index in [1.807, 2.05) is 43.4 Å². The highest BCUT2D eigenvalue weighted by Crippen LogP contribution is 2.24. The molecule has 1 aromatic carbocycles. The Kier molecular flexibility index (Phi) is 4.16. The van der Waals surface area contributed by atoms with Crippen LogP contribution in [0.15, 0.2) is 71.9 Å². The lowest BCUT2D eigenvalue weighted by Crippen LogP contribution is -1.90. The van der Waals surface area contributed by atoms with Crippen LogP contribution < -0.4 is 0 Å². The molecular weight excluding hydrogens is 336 g/mol. The average Bonchev–Trinajstić information content (AvgIpc) is 2.58. The predicted molar refractivity (Wildman–Crippen MR) is 97.9 cm³/mol. The first-order valence-electron chi connectivity index (χ1n) is 7.02. The molecule has 2 heterocycles. The molecule has 0 aliphatic heterocycles. The van der Waals surface area contributed by atoms with Gasteiger partial charge in [-0.05, 0) is 30.7 Å². The highest BCUT2D eigenvalue weighted by Gasteiger charge is 2.05. The van der Waals surface area contributed by atoms with Gasteiger partial charge in [-0.2, -0.15) is 0 Å². The van der Waals surface area contributed by atoms with E-state index in [9.17, 15) is 0 Å². The van der Waals surface area contributed by atoms with Crippen molar-refractivity contribution in [1.82, 2.24) is 9.97 Å². The van der Waals surface area contributed by atoms with Gasteiger partial charge in [-0.3, -0.25) is 4.98 Å². The Labute approximate surface area is 138 Å². The lowest BCUT2D eigenvalue weighted by atomic mass is 10.1. The van der Waals surface area contributed by atoms with Gasteiger partial charge in [-0.15, -0.1) is 0 Å². The molecule has 0 saturated heterocycles. The Morgan fingerprint density at radius 2 is 1.77 bits per heavy atom. The van der Waals surface area contributed by atoms with E-state index < -0.39 is 0 Å². The summed E-state index contributed by atoms with van der Waals surface area (Å²) in [6.45, 7) is 6.08.